The van der Waals surface area contributed by atoms with Crippen molar-refractivity contribution < 1.29 is 9.21 Å². The molecular formula is C18H15N3O2. The van der Waals surface area contributed by atoms with Crippen LogP contribution < -0.4 is 0 Å². The van der Waals surface area contributed by atoms with E-state index in [1.54, 1.807) is 11.1 Å². The second kappa shape index (κ2) is 5.68. The number of rotatable bonds is 2. The molecule has 0 unspecified atom stereocenters. The number of oxazole rings is 1. The average molecular weight is 305 g/mol. The zero-order valence-corrected chi connectivity index (χ0v) is 12.5. The van der Waals surface area contributed by atoms with Gasteiger partial charge in [0.15, 0.2) is 0 Å². The number of pyridine rings is 1. The normalized spacial score (nSPS) is 13.7. The Morgan fingerprint density at radius 1 is 1.09 bits per heavy atom. The van der Waals surface area contributed by atoms with Crippen LogP contribution in [-0.4, -0.2) is 27.3 Å². The number of fused-ring (bicyclic) bond motifs is 1. The molecule has 0 bridgehead atoms. The maximum Gasteiger partial charge on any atom is 0.254 e. The van der Waals surface area contributed by atoms with Gasteiger partial charge in [0.25, 0.3) is 5.91 Å². The minimum absolute atomic E-state index is 0.0204. The van der Waals surface area contributed by atoms with Crippen LogP contribution in [0.15, 0.2) is 59.1 Å². The summed E-state index contributed by atoms with van der Waals surface area (Å²) in [6, 6.07) is 14.9. The average Bonchev–Trinajstić information content (AvgIpc) is 3.06. The Balaban J connectivity index is 1.58. The van der Waals surface area contributed by atoms with E-state index in [0.717, 1.165) is 11.5 Å². The van der Waals surface area contributed by atoms with Crippen molar-refractivity contribution >= 4 is 5.91 Å². The summed E-state index contributed by atoms with van der Waals surface area (Å²) in [6.07, 6.45) is 2.41. The van der Waals surface area contributed by atoms with Gasteiger partial charge in [0.1, 0.15) is 11.5 Å². The van der Waals surface area contributed by atoms with Crippen LogP contribution in [0.4, 0.5) is 0 Å². The second-order valence-corrected chi connectivity index (χ2v) is 5.45. The molecule has 5 heteroatoms. The molecule has 0 aliphatic carbocycles. The molecule has 1 amide bonds. The van der Waals surface area contributed by atoms with Crippen LogP contribution in [0.5, 0.6) is 0 Å². The standard InChI is InChI=1S/C18H15N3O2/c22-18(13-6-2-1-3-7-13)21-11-9-14-16(12-21)23-17(20-14)15-8-4-5-10-19-15/h1-8,10H,9,11-12H2. The van der Waals surface area contributed by atoms with E-state index in [9.17, 15) is 4.79 Å². The third-order valence-electron chi connectivity index (χ3n) is 3.92. The number of aromatic nitrogens is 2. The molecule has 3 aromatic rings. The maximum absolute atomic E-state index is 12.5. The Morgan fingerprint density at radius 2 is 1.91 bits per heavy atom. The highest BCUT2D eigenvalue weighted by atomic mass is 16.4. The van der Waals surface area contributed by atoms with Gasteiger partial charge in [-0.1, -0.05) is 24.3 Å². The minimum atomic E-state index is 0.0204. The summed E-state index contributed by atoms with van der Waals surface area (Å²) >= 11 is 0. The Morgan fingerprint density at radius 3 is 2.70 bits per heavy atom. The highest BCUT2D eigenvalue weighted by molar-refractivity contribution is 5.94. The second-order valence-electron chi connectivity index (χ2n) is 5.45. The topological polar surface area (TPSA) is 59.2 Å². The van der Waals surface area contributed by atoms with Crippen molar-refractivity contribution in [1.82, 2.24) is 14.9 Å². The van der Waals surface area contributed by atoms with Gasteiger partial charge in [-0.3, -0.25) is 9.78 Å². The first-order valence-electron chi connectivity index (χ1n) is 7.55. The fourth-order valence-corrected chi connectivity index (χ4v) is 2.73. The lowest BCUT2D eigenvalue weighted by molar-refractivity contribution is 0.0720. The quantitative estimate of drug-likeness (QED) is 0.730. The molecular weight excluding hydrogens is 290 g/mol. The Hall–Kier alpha value is -2.95. The predicted molar refractivity (Wildman–Crippen MR) is 84.6 cm³/mol. The van der Waals surface area contributed by atoms with Crippen molar-refractivity contribution in [1.29, 1.82) is 0 Å². The van der Waals surface area contributed by atoms with E-state index in [1.165, 1.54) is 0 Å². The van der Waals surface area contributed by atoms with Gasteiger partial charge in [-0.25, -0.2) is 4.98 Å². The van der Waals surface area contributed by atoms with Gasteiger partial charge in [-0.15, -0.1) is 0 Å². The molecule has 1 aliphatic rings. The number of hydrogen-bond acceptors (Lipinski definition) is 4. The molecule has 23 heavy (non-hydrogen) atoms. The largest absolute Gasteiger partial charge is 0.438 e. The van der Waals surface area contributed by atoms with Gasteiger partial charge < -0.3 is 9.32 Å². The van der Waals surface area contributed by atoms with Gasteiger partial charge in [0, 0.05) is 24.7 Å². The first-order valence-corrected chi connectivity index (χ1v) is 7.55. The van der Waals surface area contributed by atoms with Crippen molar-refractivity contribution in [2.45, 2.75) is 13.0 Å². The molecule has 0 radical (unpaired) electrons. The summed E-state index contributed by atoms with van der Waals surface area (Å²) < 4.78 is 5.84. The monoisotopic (exact) mass is 305 g/mol. The predicted octanol–water partition coefficient (Wildman–Crippen LogP) is 2.94. The number of carbonyl (C=O) groups excluding carboxylic acids is 1. The summed E-state index contributed by atoms with van der Waals surface area (Å²) in [4.78, 5) is 23.1. The minimum Gasteiger partial charge on any atom is -0.438 e. The third kappa shape index (κ3) is 2.61. The lowest BCUT2D eigenvalue weighted by atomic mass is 10.1. The van der Waals surface area contributed by atoms with E-state index in [0.29, 0.717) is 36.7 Å². The fraction of sp³-hybridized carbons (Fsp3) is 0.167. The van der Waals surface area contributed by atoms with Crippen LogP contribution >= 0.6 is 0 Å². The lowest BCUT2D eigenvalue weighted by Crippen LogP contribution is -2.35. The molecule has 5 nitrogen and oxygen atoms in total. The molecule has 1 aliphatic heterocycles. The summed E-state index contributed by atoms with van der Waals surface area (Å²) in [5.74, 6) is 1.29. The van der Waals surface area contributed by atoms with E-state index in [-0.39, 0.29) is 5.91 Å². The SMILES string of the molecule is O=C(c1ccccc1)N1CCc2nc(-c3ccccn3)oc2C1. The molecule has 0 saturated carbocycles. The molecule has 2 aromatic heterocycles. The summed E-state index contributed by atoms with van der Waals surface area (Å²) in [5.41, 5.74) is 2.33. The van der Waals surface area contributed by atoms with E-state index < -0.39 is 0 Å². The summed E-state index contributed by atoms with van der Waals surface area (Å²) in [5, 5.41) is 0. The van der Waals surface area contributed by atoms with Crippen LogP contribution in [-0.2, 0) is 13.0 Å². The number of hydrogen-bond donors (Lipinski definition) is 0. The molecule has 0 fully saturated rings. The van der Waals surface area contributed by atoms with Gasteiger partial charge in [0.05, 0.1) is 12.2 Å². The van der Waals surface area contributed by atoms with Crippen LogP contribution in [0.3, 0.4) is 0 Å². The zero-order valence-electron chi connectivity index (χ0n) is 12.5. The Bertz CT molecular complexity index is 828. The fourth-order valence-electron chi connectivity index (χ4n) is 2.73. The first-order chi connectivity index (χ1) is 11.3. The molecule has 4 rings (SSSR count). The maximum atomic E-state index is 12.5. The van der Waals surface area contributed by atoms with Gasteiger partial charge in [-0.05, 0) is 24.3 Å². The first kappa shape index (κ1) is 13.7. The summed E-state index contributed by atoms with van der Waals surface area (Å²) in [6.45, 7) is 1.10. The van der Waals surface area contributed by atoms with Gasteiger partial charge in [-0.2, -0.15) is 0 Å². The van der Waals surface area contributed by atoms with Crippen LogP contribution in [0.25, 0.3) is 11.6 Å². The number of benzene rings is 1. The van der Waals surface area contributed by atoms with Crippen LogP contribution in [0.2, 0.25) is 0 Å². The zero-order chi connectivity index (χ0) is 15.6. The number of carbonyl (C=O) groups is 1. The molecule has 0 N–H and O–H groups in total. The van der Waals surface area contributed by atoms with Gasteiger partial charge >= 0.3 is 0 Å². The lowest BCUT2D eigenvalue weighted by Gasteiger charge is -2.25. The highest BCUT2D eigenvalue weighted by Crippen LogP contribution is 2.25. The van der Waals surface area contributed by atoms with Crippen molar-refractivity contribution in [3.63, 3.8) is 0 Å². The smallest absolute Gasteiger partial charge is 0.254 e. The van der Waals surface area contributed by atoms with Crippen molar-refractivity contribution in [3.05, 3.63) is 71.7 Å². The summed E-state index contributed by atoms with van der Waals surface area (Å²) in [7, 11) is 0. The molecule has 0 saturated heterocycles. The third-order valence-corrected chi connectivity index (χ3v) is 3.92. The molecule has 0 atom stereocenters. The van der Waals surface area contributed by atoms with Crippen molar-refractivity contribution in [2.75, 3.05) is 6.54 Å². The molecule has 114 valence electrons. The van der Waals surface area contributed by atoms with Crippen molar-refractivity contribution in [2.24, 2.45) is 0 Å². The Labute approximate surface area is 133 Å². The van der Waals surface area contributed by atoms with Crippen LogP contribution in [0, 0.1) is 0 Å². The van der Waals surface area contributed by atoms with Crippen molar-refractivity contribution in [3.8, 4) is 11.6 Å². The molecule has 1 aromatic carbocycles. The molecule has 3 heterocycles. The van der Waals surface area contributed by atoms with E-state index in [4.69, 9.17) is 4.42 Å². The van der Waals surface area contributed by atoms with E-state index in [1.807, 2.05) is 48.5 Å². The molecule has 0 spiro atoms. The van der Waals surface area contributed by atoms with E-state index in [2.05, 4.69) is 9.97 Å². The van der Waals surface area contributed by atoms with Gasteiger partial charge in [0.2, 0.25) is 5.89 Å². The Kier molecular flexibility index (Phi) is 3.38. The van der Waals surface area contributed by atoms with Crippen LogP contribution in [0.1, 0.15) is 21.8 Å². The highest BCUT2D eigenvalue weighted by Gasteiger charge is 2.26. The number of amides is 1. The van der Waals surface area contributed by atoms with E-state index >= 15 is 0 Å². The number of nitrogens with zero attached hydrogens (tertiary/aromatic N) is 3.